The Kier molecular flexibility index (Phi) is 5.17. The topological polar surface area (TPSA) is 56.2 Å². The lowest BCUT2D eigenvalue weighted by Gasteiger charge is -2.08. The zero-order valence-electron chi connectivity index (χ0n) is 12.4. The van der Waals surface area contributed by atoms with Gasteiger partial charge in [-0.1, -0.05) is 45.7 Å². The Balaban J connectivity index is 1.62. The molecule has 0 aliphatic heterocycles. The van der Waals surface area contributed by atoms with E-state index in [1.54, 1.807) is 24.4 Å². The molecule has 0 aliphatic carbocycles. The van der Waals surface area contributed by atoms with Gasteiger partial charge in [-0.2, -0.15) is 5.10 Å². The molecule has 5 nitrogen and oxygen atoms in total. The SMILES string of the molecule is O=C(Nc1ccccc1)c1ccn(COc2ccc(Br)cc2Cl)n1. The molecule has 0 atom stereocenters. The van der Waals surface area contributed by atoms with Crippen molar-refractivity contribution in [2.45, 2.75) is 6.73 Å². The molecule has 1 amide bonds. The minimum Gasteiger partial charge on any atom is -0.470 e. The predicted molar refractivity (Wildman–Crippen MR) is 96.4 cm³/mol. The summed E-state index contributed by atoms with van der Waals surface area (Å²) >= 11 is 9.43. The lowest BCUT2D eigenvalue weighted by molar-refractivity contribution is 0.102. The first-order chi connectivity index (χ1) is 11.6. The Morgan fingerprint density at radius 1 is 1.21 bits per heavy atom. The standard InChI is InChI=1S/C17H13BrClN3O2/c18-12-6-7-16(14(19)10-12)24-11-22-9-8-15(21-22)17(23)20-13-4-2-1-3-5-13/h1-10H,11H2,(H,20,23). The smallest absolute Gasteiger partial charge is 0.276 e. The summed E-state index contributed by atoms with van der Waals surface area (Å²) in [6.07, 6.45) is 1.67. The van der Waals surface area contributed by atoms with Gasteiger partial charge in [0.1, 0.15) is 5.75 Å². The number of benzene rings is 2. The van der Waals surface area contributed by atoms with Gasteiger partial charge >= 0.3 is 0 Å². The molecule has 1 N–H and O–H groups in total. The first-order valence-electron chi connectivity index (χ1n) is 7.09. The summed E-state index contributed by atoms with van der Waals surface area (Å²) < 4.78 is 8.01. The van der Waals surface area contributed by atoms with Gasteiger partial charge in [0.2, 0.25) is 0 Å². The molecule has 2 aromatic carbocycles. The fraction of sp³-hybridized carbons (Fsp3) is 0.0588. The molecular formula is C17H13BrClN3O2. The van der Waals surface area contributed by atoms with E-state index in [1.807, 2.05) is 36.4 Å². The lowest BCUT2D eigenvalue weighted by Crippen LogP contribution is -2.14. The summed E-state index contributed by atoms with van der Waals surface area (Å²) in [7, 11) is 0. The Labute approximate surface area is 152 Å². The number of nitrogens with zero attached hydrogens (tertiary/aromatic N) is 2. The number of carbonyl (C=O) groups excluding carboxylic acids is 1. The highest BCUT2D eigenvalue weighted by atomic mass is 79.9. The van der Waals surface area contributed by atoms with Crippen molar-refractivity contribution < 1.29 is 9.53 Å². The van der Waals surface area contributed by atoms with Crippen LogP contribution in [0.4, 0.5) is 5.69 Å². The van der Waals surface area contributed by atoms with Crippen LogP contribution < -0.4 is 10.1 Å². The molecule has 0 aliphatic rings. The minimum absolute atomic E-state index is 0.153. The number of hydrogen-bond acceptors (Lipinski definition) is 3. The van der Waals surface area contributed by atoms with Crippen LogP contribution in [0, 0.1) is 0 Å². The first-order valence-corrected chi connectivity index (χ1v) is 8.26. The van der Waals surface area contributed by atoms with Crippen molar-refractivity contribution in [2.24, 2.45) is 0 Å². The van der Waals surface area contributed by atoms with E-state index in [1.165, 1.54) is 4.68 Å². The molecule has 3 rings (SSSR count). The van der Waals surface area contributed by atoms with E-state index in [-0.39, 0.29) is 12.6 Å². The monoisotopic (exact) mass is 405 g/mol. The molecule has 0 saturated heterocycles. The molecule has 0 radical (unpaired) electrons. The van der Waals surface area contributed by atoms with Crippen molar-refractivity contribution in [3.63, 3.8) is 0 Å². The molecule has 0 saturated carbocycles. The summed E-state index contributed by atoms with van der Waals surface area (Å²) in [5.74, 6) is 0.271. The number of ether oxygens (including phenoxy) is 1. The third-order valence-corrected chi connectivity index (χ3v) is 3.94. The van der Waals surface area contributed by atoms with Crippen LogP contribution >= 0.6 is 27.5 Å². The number of hydrogen-bond donors (Lipinski definition) is 1. The van der Waals surface area contributed by atoms with Crippen molar-refractivity contribution >= 4 is 39.1 Å². The third-order valence-electron chi connectivity index (χ3n) is 3.15. The Morgan fingerprint density at radius 3 is 2.75 bits per heavy atom. The molecule has 3 aromatic rings. The molecule has 0 bridgehead atoms. The van der Waals surface area contributed by atoms with E-state index in [9.17, 15) is 4.79 Å². The number of rotatable bonds is 5. The van der Waals surface area contributed by atoms with Gasteiger partial charge in [-0.15, -0.1) is 0 Å². The first kappa shape index (κ1) is 16.5. The normalized spacial score (nSPS) is 10.4. The van der Waals surface area contributed by atoms with Crippen LogP contribution in [-0.2, 0) is 6.73 Å². The van der Waals surface area contributed by atoms with Crippen molar-refractivity contribution in [2.75, 3.05) is 5.32 Å². The van der Waals surface area contributed by atoms with Crippen molar-refractivity contribution in [3.8, 4) is 5.75 Å². The van der Waals surface area contributed by atoms with Crippen molar-refractivity contribution in [1.82, 2.24) is 9.78 Å². The van der Waals surface area contributed by atoms with Gasteiger partial charge in [-0.25, -0.2) is 4.68 Å². The number of anilines is 1. The summed E-state index contributed by atoms with van der Waals surface area (Å²) in [6.45, 7) is 0.153. The molecule has 7 heteroatoms. The Morgan fingerprint density at radius 2 is 2.00 bits per heavy atom. The van der Waals surface area contributed by atoms with E-state index in [2.05, 4.69) is 26.3 Å². The molecule has 0 spiro atoms. The van der Waals surface area contributed by atoms with Crippen LogP contribution in [0.15, 0.2) is 65.3 Å². The van der Waals surface area contributed by atoms with Crippen LogP contribution in [0.2, 0.25) is 5.02 Å². The predicted octanol–water partition coefficient (Wildman–Crippen LogP) is 4.59. The van der Waals surface area contributed by atoms with Gasteiger partial charge in [0, 0.05) is 16.4 Å². The van der Waals surface area contributed by atoms with E-state index < -0.39 is 0 Å². The average Bonchev–Trinajstić information content (AvgIpc) is 3.04. The zero-order chi connectivity index (χ0) is 16.9. The van der Waals surface area contributed by atoms with E-state index >= 15 is 0 Å². The number of aromatic nitrogens is 2. The third kappa shape index (κ3) is 4.15. The fourth-order valence-corrected chi connectivity index (χ4v) is 2.73. The van der Waals surface area contributed by atoms with Crippen LogP contribution in [0.3, 0.4) is 0 Å². The van der Waals surface area contributed by atoms with Gasteiger partial charge in [-0.05, 0) is 36.4 Å². The van der Waals surface area contributed by atoms with Gasteiger partial charge < -0.3 is 10.1 Å². The number of nitrogens with one attached hydrogen (secondary N) is 1. The van der Waals surface area contributed by atoms with E-state index in [0.717, 1.165) is 10.2 Å². The molecular weight excluding hydrogens is 394 g/mol. The largest absolute Gasteiger partial charge is 0.470 e. The maximum Gasteiger partial charge on any atom is 0.276 e. The van der Waals surface area contributed by atoms with Gasteiger partial charge in [-0.3, -0.25) is 4.79 Å². The summed E-state index contributed by atoms with van der Waals surface area (Å²) in [6, 6.07) is 16.2. The zero-order valence-corrected chi connectivity index (χ0v) is 14.8. The summed E-state index contributed by atoms with van der Waals surface area (Å²) in [4.78, 5) is 12.1. The van der Waals surface area contributed by atoms with Crippen LogP contribution in [-0.4, -0.2) is 15.7 Å². The second-order valence-electron chi connectivity index (χ2n) is 4.91. The van der Waals surface area contributed by atoms with Gasteiger partial charge in [0.15, 0.2) is 12.4 Å². The highest BCUT2D eigenvalue weighted by Crippen LogP contribution is 2.27. The van der Waals surface area contributed by atoms with E-state index in [4.69, 9.17) is 16.3 Å². The quantitative estimate of drug-likeness (QED) is 0.674. The second-order valence-corrected chi connectivity index (χ2v) is 6.23. The molecule has 1 aromatic heterocycles. The average molecular weight is 407 g/mol. The van der Waals surface area contributed by atoms with Crippen molar-refractivity contribution in [3.05, 3.63) is 76.0 Å². The van der Waals surface area contributed by atoms with Gasteiger partial charge in [0.05, 0.1) is 5.02 Å². The Bertz CT molecular complexity index is 852. The number of amides is 1. The number of carbonyl (C=O) groups is 1. The summed E-state index contributed by atoms with van der Waals surface area (Å²) in [5.41, 5.74) is 1.03. The van der Waals surface area contributed by atoms with Crippen LogP contribution in [0.5, 0.6) is 5.75 Å². The fourth-order valence-electron chi connectivity index (χ4n) is 2.00. The Hall–Kier alpha value is -2.31. The maximum absolute atomic E-state index is 12.1. The second kappa shape index (κ2) is 7.51. The highest BCUT2D eigenvalue weighted by molar-refractivity contribution is 9.10. The van der Waals surface area contributed by atoms with Crippen LogP contribution in [0.25, 0.3) is 0 Å². The van der Waals surface area contributed by atoms with Crippen LogP contribution in [0.1, 0.15) is 10.5 Å². The minimum atomic E-state index is -0.276. The lowest BCUT2D eigenvalue weighted by atomic mass is 10.3. The van der Waals surface area contributed by atoms with Crippen molar-refractivity contribution in [1.29, 1.82) is 0 Å². The molecule has 122 valence electrons. The molecule has 0 unspecified atom stereocenters. The van der Waals surface area contributed by atoms with E-state index in [0.29, 0.717) is 16.5 Å². The maximum atomic E-state index is 12.1. The molecule has 24 heavy (non-hydrogen) atoms. The molecule has 0 fully saturated rings. The highest BCUT2D eigenvalue weighted by Gasteiger charge is 2.10. The summed E-state index contributed by atoms with van der Waals surface area (Å²) in [5, 5.41) is 7.47. The number of para-hydroxylation sites is 1. The number of halogens is 2. The molecule has 1 heterocycles. The van der Waals surface area contributed by atoms with Gasteiger partial charge in [0.25, 0.3) is 5.91 Å².